The van der Waals surface area contributed by atoms with Gasteiger partial charge in [0.1, 0.15) is 6.04 Å². The van der Waals surface area contributed by atoms with Crippen molar-refractivity contribution >= 4 is 11.7 Å². The molecular weight excluding hydrogens is 120 g/mol. The van der Waals surface area contributed by atoms with Gasteiger partial charge in [0.05, 0.1) is 0 Å². The highest BCUT2D eigenvalue weighted by molar-refractivity contribution is 6.06. The fourth-order valence-corrected chi connectivity index (χ4v) is 0.857. The molecule has 1 heterocycles. The molecule has 3 N–H and O–H groups in total. The summed E-state index contributed by atoms with van der Waals surface area (Å²) in [7, 11) is 0. The summed E-state index contributed by atoms with van der Waals surface area (Å²) >= 11 is 0. The number of carbonyl (C=O) groups excluding carboxylic acids is 2. The zero-order valence-corrected chi connectivity index (χ0v) is 4.89. The molecule has 1 amide bonds. The Hall–Kier alpha value is -0.900. The van der Waals surface area contributed by atoms with E-state index in [9.17, 15) is 9.59 Å². The van der Waals surface area contributed by atoms with E-state index >= 15 is 0 Å². The maximum Gasteiger partial charge on any atom is 0.242 e. The number of hydrogen-bond donors (Lipinski definition) is 2. The Morgan fingerprint density at radius 2 is 2.44 bits per heavy atom. The lowest BCUT2D eigenvalue weighted by atomic mass is 10.2. The van der Waals surface area contributed by atoms with Crippen molar-refractivity contribution in [1.29, 1.82) is 0 Å². The molecule has 9 heavy (non-hydrogen) atoms. The van der Waals surface area contributed by atoms with E-state index in [-0.39, 0.29) is 5.78 Å². The van der Waals surface area contributed by atoms with Crippen LogP contribution in [0.3, 0.4) is 0 Å². The maximum absolute atomic E-state index is 10.7. The van der Waals surface area contributed by atoms with Crippen LogP contribution in [0.4, 0.5) is 0 Å². The largest absolute Gasteiger partial charge is 0.368 e. The number of ketones is 1. The molecule has 1 fully saturated rings. The van der Waals surface area contributed by atoms with Crippen LogP contribution in [0, 0.1) is 0 Å². The third-order valence-corrected chi connectivity index (χ3v) is 1.33. The predicted molar refractivity (Wildman–Crippen MR) is 30.6 cm³/mol. The minimum Gasteiger partial charge on any atom is -0.368 e. The number of Topliss-reactive ketones (excluding diaryl/α,β-unsaturated/α-hetero) is 1. The maximum atomic E-state index is 10.7. The molecular formula is C5H8N2O2. The van der Waals surface area contributed by atoms with E-state index in [0.29, 0.717) is 13.0 Å². The molecule has 4 nitrogen and oxygen atoms in total. The molecule has 0 aromatic heterocycles. The molecule has 0 saturated carbocycles. The zero-order chi connectivity index (χ0) is 6.85. The molecule has 1 atom stereocenters. The Morgan fingerprint density at radius 1 is 1.78 bits per heavy atom. The third-order valence-electron chi connectivity index (χ3n) is 1.33. The first kappa shape index (κ1) is 6.22. The minimum absolute atomic E-state index is 0.0949. The Labute approximate surface area is 52.4 Å². The van der Waals surface area contributed by atoms with Gasteiger partial charge in [-0.2, -0.15) is 0 Å². The van der Waals surface area contributed by atoms with Gasteiger partial charge in [-0.3, -0.25) is 14.9 Å². The van der Waals surface area contributed by atoms with Gasteiger partial charge in [-0.1, -0.05) is 0 Å². The molecule has 1 aliphatic rings. The second kappa shape index (κ2) is 2.14. The van der Waals surface area contributed by atoms with Gasteiger partial charge in [-0.05, 0) is 0 Å². The summed E-state index contributed by atoms with van der Waals surface area (Å²) in [5, 5.41) is 2.68. The van der Waals surface area contributed by atoms with E-state index in [1.807, 2.05) is 0 Å². The number of primary amides is 1. The van der Waals surface area contributed by atoms with Crippen molar-refractivity contribution in [3.63, 3.8) is 0 Å². The van der Waals surface area contributed by atoms with E-state index in [1.54, 1.807) is 0 Å². The molecule has 1 rings (SSSR count). The molecule has 50 valence electrons. The summed E-state index contributed by atoms with van der Waals surface area (Å²) in [6.45, 7) is 0.576. The number of rotatable bonds is 1. The van der Waals surface area contributed by atoms with Crippen LogP contribution in [0.5, 0.6) is 0 Å². The minimum atomic E-state index is -0.718. The van der Waals surface area contributed by atoms with Crippen molar-refractivity contribution in [3.8, 4) is 0 Å². The normalized spacial score (nSPS) is 26.7. The summed E-state index contributed by atoms with van der Waals surface area (Å²) < 4.78 is 0. The first-order valence-electron chi connectivity index (χ1n) is 2.77. The molecule has 0 aromatic carbocycles. The Kier molecular flexibility index (Phi) is 1.48. The summed E-state index contributed by atoms with van der Waals surface area (Å²) in [6, 6.07) is -0.718. The van der Waals surface area contributed by atoms with Crippen molar-refractivity contribution in [2.75, 3.05) is 6.54 Å². The van der Waals surface area contributed by atoms with E-state index in [0.717, 1.165) is 0 Å². The predicted octanol–water partition coefficient (Wildman–Crippen LogP) is -1.60. The van der Waals surface area contributed by atoms with E-state index in [1.165, 1.54) is 0 Å². The van der Waals surface area contributed by atoms with Crippen LogP contribution >= 0.6 is 0 Å². The second-order valence-electron chi connectivity index (χ2n) is 2.01. The Bertz CT molecular complexity index is 155. The van der Waals surface area contributed by atoms with Crippen LogP contribution in [0.15, 0.2) is 0 Å². The van der Waals surface area contributed by atoms with E-state index in [2.05, 4.69) is 5.32 Å². The van der Waals surface area contributed by atoms with Gasteiger partial charge in [0.15, 0.2) is 5.78 Å². The standard InChI is InChI=1S/C5H8N2O2/c6-5(9)4-3(8)1-2-7-4/h4,7H,1-2H2,(H2,6,9)/t4-/m0/s1. The zero-order valence-electron chi connectivity index (χ0n) is 4.89. The highest BCUT2D eigenvalue weighted by Crippen LogP contribution is 1.98. The number of hydrogen-bond acceptors (Lipinski definition) is 3. The van der Waals surface area contributed by atoms with Crippen LogP contribution in [-0.4, -0.2) is 24.3 Å². The van der Waals surface area contributed by atoms with Crippen molar-refractivity contribution in [2.45, 2.75) is 12.5 Å². The van der Waals surface area contributed by atoms with Gasteiger partial charge < -0.3 is 5.73 Å². The van der Waals surface area contributed by atoms with Crippen molar-refractivity contribution in [3.05, 3.63) is 0 Å². The number of nitrogens with two attached hydrogens (primary N) is 1. The lowest BCUT2D eigenvalue weighted by Gasteiger charge is -1.99. The van der Waals surface area contributed by atoms with Crippen molar-refractivity contribution < 1.29 is 9.59 Å². The summed E-state index contributed by atoms with van der Waals surface area (Å²) in [6.07, 6.45) is 0.424. The van der Waals surface area contributed by atoms with E-state index < -0.39 is 11.9 Å². The molecule has 0 radical (unpaired) electrons. The fraction of sp³-hybridized carbons (Fsp3) is 0.600. The van der Waals surface area contributed by atoms with Crippen LogP contribution in [0.1, 0.15) is 6.42 Å². The molecule has 0 aliphatic carbocycles. The average Bonchev–Trinajstić information content (AvgIpc) is 2.13. The van der Waals surface area contributed by atoms with Crippen LogP contribution < -0.4 is 11.1 Å². The molecule has 0 bridgehead atoms. The van der Waals surface area contributed by atoms with Crippen molar-refractivity contribution in [2.24, 2.45) is 5.73 Å². The van der Waals surface area contributed by atoms with Crippen molar-refractivity contribution in [1.82, 2.24) is 5.32 Å². The average molecular weight is 128 g/mol. The van der Waals surface area contributed by atoms with Gasteiger partial charge >= 0.3 is 0 Å². The summed E-state index contributed by atoms with van der Waals surface area (Å²) in [5.41, 5.74) is 4.87. The first-order chi connectivity index (χ1) is 4.22. The second-order valence-corrected chi connectivity index (χ2v) is 2.01. The van der Waals surface area contributed by atoms with Gasteiger partial charge in [0.2, 0.25) is 5.91 Å². The van der Waals surface area contributed by atoms with Crippen LogP contribution in [-0.2, 0) is 9.59 Å². The number of carbonyl (C=O) groups is 2. The van der Waals surface area contributed by atoms with Gasteiger partial charge in [0, 0.05) is 13.0 Å². The SMILES string of the molecule is NC(=O)[C@H]1NCCC1=O. The highest BCUT2D eigenvalue weighted by Gasteiger charge is 2.27. The number of amides is 1. The number of nitrogens with one attached hydrogen (secondary N) is 1. The van der Waals surface area contributed by atoms with Gasteiger partial charge in [-0.25, -0.2) is 0 Å². The third kappa shape index (κ3) is 1.08. The van der Waals surface area contributed by atoms with Crippen LogP contribution in [0.25, 0.3) is 0 Å². The topological polar surface area (TPSA) is 72.2 Å². The lowest BCUT2D eigenvalue weighted by Crippen LogP contribution is -2.40. The van der Waals surface area contributed by atoms with Gasteiger partial charge in [-0.15, -0.1) is 0 Å². The molecule has 4 heteroatoms. The lowest BCUT2D eigenvalue weighted by molar-refractivity contribution is -0.127. The smallest absolute Gasteiger partial charge is 0.242 e. The fourth-order valence-electron chi connectivity index (χ4n) is 0.857. The molecule has 1 saturated heterocycles. The molecule has 0 spiro atoms. The highest BCUT2D eigenvalue weighted by atomic mass is 16.2. The van der Waals surface area contributed by atoms with Gasteiger partial charge in [0.25, 0.3) is 0 Å². The molecule has 1 aliphatic heterocycles. The molecule has 0 aromatic rings. The monoisotopic (exact) mass is 128 g/mol. The summed E-state index contributed by atoms with van der Waals surface area (Å²) in [4.78, 5) is 21.0. The molecule has 0 unspecified atom stereocenters. The quantitative estimate of drug-likeness (QED) is 0.418. The van der Waals surface area contributed by atoms with E-state index in [4.69, 9.17) is 5.73 Å². The Balaban J connectivity index is 2.60. The van der Waals surface area contributed by atoms with Crippen LogP contribution in [0.2, 0.25) is 0 Å². The summed E-state index contributed by atoms with van der Waals surface area (Å²) in [5.74, 6) is -0.667. The Morgan fingerprint density at radius 3 is 2.67 bits per heavy atom. The first-order valence-corrected chi connectivity index (χ1v) is 2.77.